The van der Waals surface area contributed by atoms with Gasteiger partial charge in [-0.1, -0.05) is 25.5 Å². The molecule has 0 fully saturated rings. The highest BCUT2D eigenvalue weighted by molar-refractivity contribution is 6.13. The van der Waals surface area contributed by atoms with E-state index in [0.29, 0.717) is 17.1 Å². The smallest absolute Gasteiger partial charge is 0.331 e. The second kappa shape index (κ2) is 8.73. The van der Waals surface area contributed by atoms with Gasteiger partial charge in [0.25, 0.3) is 0 Å². The number of carbonyl (C=O) groups excluding carboxylic acids is 2. The number of rotatable bonds is 6. The molecule has 0 aliphatic carbocycles. The van der Waals surface area contributed by atoms with Gasteiger partial charge >= 0.3 is 6.03 Å². The van der Waals surface area contributed by atoms with Crippen molar-refractivity contribution in [2.24, 2.45) is 0 Å². The van der Waals surface area contributed by atoms with Crippen LogP contribution in [-0.2, 0) is 11.2 Å². The van der Waals surface area contributed by atoms with Gasteiger partial charge in [0.15, 0.2) is 6.73 Å². The van der Waals surface area contributed by atoms with Crippen LogP contribution in [0.3, 0.4) is 0 Å². The average molecular weight is 341 g/mol. The summed E-state index contributed by atoms with van der Waals surface area (Å²) in [7, 11) is 0. The summed E-state index contributed by atoms with van der Waals surface area (Å²) in [5.41, 5.74) is 7.88. The summed E-state index contributed by atoms with van der Waals surface area (Å²) in [6.07, 6.45) is 2.11. The van der Waals surface area contributed by atoms with Gasteiger partial charge in [0.2, 0.25) is 5.91 Å². The lowest BCUT2D eigenvalue weighted by molar-refractivity contribution is -0.115. The molecule has 0 heterocycles. The normalized spacial score (nSPS) is 10.2. The number of benzene rings is 2. The van der Waals surface area contributed by atoms with E-state index in [-0.39, 0.29) is 6.73 Å². The van der Waals surface area contributed by atoms with Crippen LogP contribution < -0.4 is 20.7 Å². The molecule has 0 aromatic heterocycles. The van der Waals surface area contributed by atoms with E-state index in [1.807, 2.05) is 24.3 Å². The largest absolute Gasteiger partial charge is 0.473 e. The zero-order valence-corrected chi connectivity index (χ0v) is 14.5. The lowest BCUT2D eigenvalue weighted by Crippen LogP contribution is -2.44. The number of nitrogens with one attached hydrogen (secondary N) is 1. The van der Waals surface area contributed by atoms with Crippen LogP contribution in [0, 0.1) is 0 Å². The van der Waals surface area contributed by atoms with E-state index in [1.165, 1.54) is 12.5 Å². The highest BCUT2D eigenvalue weighted by Gasteiger charge is 2.19. The Morgan fingerprint density at radius 2 is 1.72 bits per heavy atom. The number of carbonyl (C=O) groups is 2. The molecular weight excluding hydrogens is 318 g/mol. The Kier molecular flexibility index (Phi) is 6.39. The Labute approximate surface area is 147 Å². The fraction of sp³-hybridized carbons (Fsp3) is 0.263. The summed E-state index contributed by atoms with van der Waals surface area (Å²) in [6, 6.07) is 13.7. The molecule has 3 amide bonds. The van der Waals surface area contributed by atoms with E-state index in [0.717, 1.165) is 17.7 Å². The summed E-state index contributed by atoms with van der Waals surface area (Å²) in [5.74, 6) is 0.258. The molecule has 132 valence electrons. The van der Waals surface area contributed by atoms with Gasteiger partial charge in [0.05, 0.1) is 5.69 Å². The maximum Gasteiger partial charge on any atom is 0.331 e. The molecule has 0 aliphatic rings. The van der Waals surface area contributed by atoms with Crippen LogP contribution in [0.4, 0.5) is 16.2 Å². The molecule has 3 N–H and O–H groups in total. The zero-order valence-electron chi connectivity index (χ0n) is 14.5. The molecule has 0 bridgehead atoms. The Morgan fingerprint density at radius 3 is 2.28 bits per heavy atom. The number of imide groups is 1. The summed E-state index contributed by atoms with van der Waals surface area (Å²) in [6.45, 7) is 3.41. The van der Waals surface area contributed by atoms with Gasteiger partial charge in [-0.2, -0.15) is 0 Å². The van der Waals surface area contributed by atoms with Crippen molar-refractivity contribution >= 4 is 23.3 Å². The molecule has 2 rings (SSSR count). The van der Waals surface area contributed by atoms with E-state index < -0.39 is 11.9 Å². The number of hydrogen-bond acceptors (Lipinski definition) is 4. The Hall–Kier alpha value is -3.02. The van der Waals surface area contributed by atoms with Crippen molar-refractivity contribution in [2.75, 3.05) is 17.4 Å². The molecule has 0 aliphatic heterocycles. The summed E-state index contributed by atoms with van der Waals surface area (Å²) in [5, 5.41) is 2.58. The molecule has 6 nitrogen and oxygen atoms in total. The first kappa shape index (κ1) is 18.3. The van der Waals surface area contributed by atoms with Gasteiger partial charge in [-0.05, 0) is 48.4 Å². The Bertz CT molecular complexity index is 712. The average Bonchev–Trinajstić information content (AvgIpc) is 2.58. The first-order chi connectivity index (χ1) is 12.0. The quantitative estimate of drug-likeness (QED) is 0.623. The fourth-order valence-electron chi connectivity index (χ4n) is 2.37. The van der Waals surface area contributed by atoms with E-state index in [2.05, 4.69) is 12.2 Å². The zero-order chi connectivity index (χ0) is 18.2. The molecule has 25 heavy (non-hydrogen) atoms. The fourth-order valence-corrected chi connectivity index (χ4v) is 2.37. The van der Waals surface area contributed by atoms with Crippen molar-refractivity contribution < 1.29 is 14.3 Å². The molecular formula is C19H23N3O3. The van der Waals surface area contributed by atoms with Crippen molar-refractivity contribution in [3.8, 4) is 5.75 Å². The van der Waals surface area contributed by atoms with Crippen molar-refractivity contribution in [2.45, 2.75) is 26.7 Å². The number of nitrogens with two attached hydrogens (primary N) is 1. The lowest BCUT2D eigenvalue weighted by atomic mass is 10.1. The number of amides is 3. The maximum atomic E-state index is 12.3. The van der Waals surface area contributed by atoms with Crippen LogP contribution in [0.5, 0.6) is 5.75 Å². The van der Waals surface area contributed by atoms with Crippen molar-refractivity contribution in [1.82, 2.24) is 5.32 Å². The Balaban J connectivity index is 1.92. The summed E-state index contributed by atoms with van der Waals surface area (Å²) < 4.78 is 5.50. The minimum Gasteiger partial charge on any atom is -0.473 e. The number of aryl methyl sites for hydroxylation is 1. The second-order valence-corrected chi connectivity index (χ2v) is 5.61. The van der Waals surface area contributed by atoms with Crippen LogP contribution in [0.2, 0.25) is 0 Å². The van der Waals surface area contributed by atoms with Crippen molar-refractivity contribution in [3.05, 3.63) is 54.1 Å². The molecule has 0 radical (unpaired) electrons. The molecule has 0 saturated heterocycles. The third-order valence-electron chi connectivity index (χ3n) is 3.59. The molecule has 0 spiro atoms. The third kappa shape index (κ3) is 5.24. The van der Waals surface area contributed by atoms with Crippen molar-refractivity contribution in [1.29, 1.82) is 0 Å². The van der Waals surface area contributed by atoms with Crippen LogP contribution in [0.25, 0.3) is 0 Å². The van der Waals surface area contributed by atoms with E-state index >= 15 is 0 Å². The second-order valence-electron chi connectivity index (χ2n) is 5.61. The van der Waals surface area contributed by atoms with Gasteiger partial charge in [-0.3, -0.25) is 4.79 Å². The molecule has 0 saturated carbocycles. The number of nitrogen functional groups attached to an aromatic ring is 1. The highest BCUT2D eigenvalue weighted by Crippen LogP contribution is 2.17. The van der Waals surface area contributed by atoms with Crippen LogP contribution >= 0.6 is 0 Å². The third-order valence-corrected chi connectivity index (χ3v) is 3.59. The number of hydrogen-bond donors (Lipinski definition) is 2. The van der Waals surface area contributed by atoms with Gasteiger partial charge < -0.3 is 15.8 Å². The molecule has 2 aromatic rings. The SMILES string of the molecule is CCCc1ccc(OCNC(=O)N(C(C)=O)c2ccc(N)cc2)cc1. The van der Waals surface area contributed by atoms with Crippen LogP contribution in [-0.4, -0.2) is 18.7 Å². The van der Waals surface area contributed by atoms with Gasteiger partial charge in [0, 0.05) is 12.6 Å². The summed E-state index contributed by atoms with van der Waals surface area (Å²) >= 11 is 0. The van der Waals surface area contributed by atoms with E-state index in [4.69, 9.17) is 10.5 Å². The number of nitrogens with zero attached hydrogens (tertiary/aromatic N) is 1. The van der Waals surface area contributed by atoms with E-state index in [1.54, 1.807) is 24.3 Å². The number of urea groups is 1. The summed E-state index contributed by atoms with van der Waals surface area (Å²) in [4.78, 5) is 25.1. The number of ether oxygens (including phenoxy) is 1. The maximum absolute atomic E-state index is 12.3. The van der Waals surface area contributed by atoms with Crippen molar-refractivity contribution in [3.63, 3.8) is 0 Å². The molecule has 0 unspecified atom stereocenters. The molecule has 6 heteroatoms. The van der Waals surface area contributed by atoms with Crippen LogP contribution in [0.1, 0.15) is 25.8 Å². The van der Waals surface area contributed by atoms with E-state index in [9.17, 15) is 9.59 Å². The highest BCUT2D eigenvalue weighted by atomic mass is 16.5. The monoisotopic (exact) mass is 341 g/mol. The molecule has 2 aromatic carbocycles. The lowest BCUT2D eigenvalue weighted by Gasteiger charge is -2.20. The van der Waals surface area contributed by atoms with Gasteiger partial charge in [-0.25, -0.2) is 9.69 Å². The minimum atomic E-state index is -0.556. The predicted octanol–water partition coefficient (Wildman–Crippen LogP) is 3.32. The molecule has 0 atom stereocenters. The Morgan fingerprint density at radius 1 is 1.08 bits per heavy atom. The first-order valence-electron chi connectivity index (χ1n) is 8.17. The number of anilines is 2. The van der Waals surface area contributed by atoms with Crippen LogP contribution in [0.15, 0.2) is 48.5 Å². The van der Waals surface area contributed by atoms with Gasteiger partial charge in [-0.15, -0.1) is 0 Å². The van der Waals surface area contributed by atoms with Gasteiger partial charge in [0.1, 0.15) is 5.75 Å². The topological polar surface area (TPSA) is 84.7 Å². The predicted molar refractivity (Wildman–Crippen MR) is 98.5 cm³/mol. The first-order valence-corrected chi connectivity index (χ1v) is 8.17. The minimum absolute atomic E-state index is 0.0370. The standard InChI is InChI=1S/C19H23N3O3/c1-3-4-15-5-11-18(12-6-15)25-13-21-19(24)22(14(2)23)17-9-7-16(20)8-10-17/h5-12H,3-4,13,20H2,1-2H3,(H,21,24).